The lowest BCUT2D eigenvalue weighted by molar-refractivity contribution is 0.0925. The van der Waals surface area contributed by atoms with Crippen LogP contribution in [-0.4, -0.2) is 19.8 Å². The summed E-state index contributed by atoms with van der Waals surface area (Å²) in [6.07, 6.45) is 1.11. The van der Waals surface area contributed by atoms with Gasteiger partial charge < -0.3 is 9.47 Å². The molecule has 0 heterocycles. The Kier molecular flexibility index (Phi) is 6.06. The lowest BCUT2D eigenvalue weighted by Gasteiger charge is -2.09. The lowest BCUT2D eigenvalue weighted by Crippen LogP contribution is -2.08. The Morgan fingerprint density at radius 1 is 0.941 bits per heavy atom. The van der Waals surface area contributed by atoms with Crippen LogP contribution < -0.4 is 4.74 Å². The summed E-state index contributed by atoms with van der Waals surface area (Å²) < 4.78 is 11.2. The van der Waals surface area contributed by atoms with Gasteiger partial charge in [0.1, 0.15) is 12.4 Å². The maximum Gasteiger partial charge on any atom is 0.119 e. The zero-order chi connectivity index (χ0) is 12.7. The predicted octanol–water partition coefficient (Wildman–Crippen LogP) is 3.74. The molecule has 0 aromatic heterocycles. The molecule has 0 radical (unpaired) electrons. The molecule has 0 saturated heterocycles. The van der Waals surface area contributed by atoms with Crippen LogP contribution in [0.5, 0.6) is 5.75 Å². The molecule has 1 aromatic rings. The van der Waals surface area contributed by atoms with E-state index in [1.165, 1.54) is 11.1 Å². The molecule has 0 amide bonds. The number of hydrogen-bond donors (Lipinski definition) is 0. The molecule has 0 atom stereocenters. The van der Waals surface area contributed by atoms with Crippen molar-refractivity contribution in [3.63, 3.8) is 0 Å². The van der Waals surface area contributed by atoms with E-state index in [2.05, 4.69) is 45.9 Å². The van der Waals surface area contributed by atoms with Crippen LogP contribution in [0.2, 0.25) is 0 Å². The third kappa shape index (κ3) is 6.32. The molecule has 0 aliphatic rings. The average Bonchev–Trinajstić information content (AvgIpc) is 2.21. The molecule has 1 rings (SSSR count). The summed E-state index contributed by atoms with van der Waals surface area (Å²) in [5, 5.41) is 0. The SMILES string of the molecule is Cc1cc(C)cc(OCCOCCC(C)C)c1. The number of ether oxygens (including phenoxy) is 2. The molecule has 0 aliphatic heterocycles. The number of aryl methyl sites for hydroxylation is 2. The van der Waals surface area contributed by atoms with Gasteiger partial charge in [-0.1, -0.05) is 19.9 Å². The van der Waals surface area contributed by atoms with E-state index in [0.717, 1.165) is 18.8 Å². The van der Waals surface area contributed by atoms with Crippen LogP contribution in [0, 0.1) is 19.8 Å². The molecule has 0 N–H and O–H groups in total. The fraction of sp³-hybridized carbons (Fsp3) is 0.600. The topological polar surface area (TPSA) is 18.5 Å². The highest BCUT2D eigenvalue weighted by Crippen LogP contribution is 2.15. The molecule has 2 nitrogen and oxygen atoms in total. The van der Waals surface area contributed by atoms with Crippen LogP contribution in [0.15, 0.2) is 18.2 Å². The van der Waals surface area contributed by atoms with Gasteiger partial charge >= 0.3 is 0 Å². The molecule has 2 heteroatoms. The summed E-state index contributed by atoms with van der Waals surface area (Å²) in [6.45, 7) is 10.7. The molecule has 0 saturated carbocycles. The number of hydrogen-bond acceptors (Lipinski definition) is 2. The first kappa shape index (κ1) is 14.0. The molecular formula is C15H24O2. The summed E-state index contributed by atoms with van der Waals surface area (Å²) in [6, 6.07) is 6.26. The van der Waals surface area contributed by atoms with E-state index in [0.29, 0.717) is 19.1 Å². The second kappa shape index (κ2) is 7.33. The van der Waals surface area contributed by atoms with E-state index in [1.807, 2.05) is 0 Å². The van der Waals surface area contributed by atoms with Crippen molar-refractivity contribution in [3.05, 3.63) is 29.3 Å². The molecule has 1 aromatic carbocycles. The Labute approximate surface area is 105 Å². The van der Waals surface area contributed by atoms with E-state index >= 15 is 0 Å². The van der Waals surface area contributed by atoms with Crippen molar-refractivity contribution in [2.24, 2.45) is 5.92 Å². The summed E-state index contributed by atoms with van der Waals surface area (Å²) >= 11 is 0. The van der Waals surface area contributed by atoms with Gasteiger partial charge in [-0.25, -0.2) is 0 Å². The Balaban J connectivity index is 2.18. The number of rotatable bonds is 7. The van der Waals surface area contributed by atoms with Gasteiger partial charge in [-0.2, -0.15) is 0 Å². The van der Waals surface area contributed by atoms with Crippen molar-refractivity contribution < 1.29 is 9.47 Å². The Morgan fingerprint density at radius 3 is 2.18 bits per heavy atom. The first-order valence-electron chi connectivity index (χ1n) is 6.37. The van der Waals surface area contributed by atoms with Crippen LogP contribution in [-0.2, 0) is 4.74 Å². The quantitative estimate of drug-likeness (QED) is 0.671. The third-order valence-electron chi connectivity index (χ3n) is 2.53. The highest BCUT2D eigenvalue weighted by atomic mass is 16.5. The summed E-state index contributed by atoms with van der Waals surface area (Å²) in [7, 11) is 0. The van der Waals surface area contributed by atoms with E-state index in [1.54, 1.807) is 0 Å². The molecule has 0 fully saturated rings. The van der Waals surface area contributed by atoms with Gasteiger partial charge in [0.05, 0.1) is 6.61 Å². The Morgan fingerprint density at radius 2 is 1.59 bits per heavy atom. The zero-order valence-corrected chi connectivity index (χ0v) is 11.5. The molecule has 17 heavy (non-hydrogen) atoms. The lowest BCUT2D eigenvalue weighted by atomic mass is 10.1. The number of benzene rings is 1. The summed E-state index contributed by atoms with van der Waals surface area (Å²) in [5.74, 6) is 1.64. The summed E-state index contributed by atoms with van der Waals surface area (Å²) in [4.78, 5) is 0. The van der Waals surface area contributed by atoms with E-state index in [-0.39, 0.29) is 0 Å². The Hall–Kier alpha value is -1.02. The molecule has 0 unspecified atom stereocenters. The maximum absolute atomic E-state index is 5.65. The fourth-order valence-electron chi connectivity index (χ4n) is 1.66. The van der Waals surface area contributed by atoms with Gasteiger partial charge in [0.2, 0.25) is 0 Å². The predicted molar refractivity (Wildman–Crippen MR) is 71.7 cm³/mol. The van der Waals surface area contributed by atoms with E-state index in [4.69, 9.17) is 9.47 Å². The van der Waals surface area contributed by atoms with Gasteiger partial charge in [0, 0.05) is 6.61 Å². The third-order valence-corrected chi connectivity index (χ3v) is 2.53. The highest BCUT2D eigenvalue weighted by Gasteiger charge is 1.97. The first-order chi connectivity index (χ1) is 8.08. The molecular weight excluding hydrogens is 212 g/mol. The van der Waals surface area contributed by atoms with Crippen molar-refractivity contribution >= 4 is 0 Å². The van der Waals surface area contributed by atoms with E-state index < -0.39 is 0 Å². The van der Waals surface area contributed by atoms with Crippen molar-refractivity contribution in [2.75, 3.05) is 19.8 Å². The monoisotopic (exact) mass is 236 g/mol. The van der Waals surface area contributed by atoms with Crippen molar-refractivity contribution in [2.45, 2.75) is 34.1 Å². The van der Waals surface area contributed by atoms with Crippen LogP contribution in [0.1, 0.15) is 31.4 Å². The van der Waals surface area contributed by atoms with Crippen LogP contribution in [0.4, 0.5) is 0 Å². The van der Waals surface area contributed by atoms with Crippen molar-refractivity contribution in [3.8, 4) is 5.75 Å². The minimum Gasteiger partial charge on any atom is -0.491 e. The second-order valence-corrected chi connectivity index (χ2v) is 4.97. The standard InChI is InChI=1S/C15H24O2/c1-12(2)5-6-16-7-8-17-15-10-13(3)9-14(4)11-15/h9-12H,5-8H2,1-4H3. The smallest absolute Gasteiger partial charge is 0.119 e. The largest absolute Gasteiger partial charge is 0.491 e. The molecule has 0 spiro atoms. The van der Waals surface area contributed by atoms with Gasteiger partial charge in [-0.15, -0.1) is 0 Å². The Bertz CT molecular complexity index is 311. The maximum atomic E-state index is 5.65. The van der Waals surface area contributed by atoms with E-state index in [9.17, 15) is 0 Å². The van der Waals surface area contributed by atoms with Crippen molar-refractivity contribution in [1.82, 2.24) is 0 Å². The first-order valence-corrected chi connectivity index (χ1v) is 6.37. The van der Waals surface area contributed by atoms with Gasteiger partial charge in [-0.3, -0.25) is 0 Å². The molecule has 0 bridgehead atoms. The fourth-order valence-corrected chi connectivity index (χ4v) is 1.66. The van der Waals surface area contributed by atoms with Gasteiger partial charge in [-0.05, 0) is 49.4 Å². The molecule has 0 aliphatic carbocycles. The normalized spacial score (nSPS) is 10.9. The minimum atomic E-state index is 0.626. The van der Waals surface area contributed by atoms with Crippen molar-refractivity contribution in [1.29, 1.82) is 0 Å². The molecule has 96 valence electrons. The minimum absolute atomic E-state index is 0.626. The zero-order valence-electron chi connectivity index (χ0n) is 11.5. The van der Waals surface area contributed by atoms with Gasteiger partial charge in [0.15, 0.2) is 0 Å². The van der Waals surface area contributed by atoms with Crippen LogP contribution in [0.25, 0.3) is 0 Å². The highest BCUT2D eigenvalue weighted by molar-refractivity contribution is 5.32. The average molecular weight is 236 g/mol. The van der Waals surface area contributed by atoms with Crippen LogP contribution >= 0.6 is 0 Å². The summed E-state index contributed by atoms with van der Waals surface area (Å²) in [5.41, 5.74) is 2.47. The van der Waals surface area contributed by atoms with Crippen LogP contribution in [0.3, 0.4) is 0 Å². The second-order valence-electron chi connectivity index (χ2n) is 4.97. The van der Waals surface area contributed by atoms with Gasteiger partial charge in [0.25, 0.3) is 0 Å².